The fourth-order valence-corrected chi connectivity index (χ4v) is 2.15. The number of thioether (sulfide) groups is 1. The van der Waals surface area contributed by atoms with Crippen molar-refractivity contribution >= 4 is 17.7 Å². The number of rotatable bonds is 4. The van der Waals surface area contributed by atoms with Gasteiger partial charge in [-0.3, -0.25) is 0 Å². The molecule has 1 rings (SSSR count). The normalized spacial score (nSPS) is 18.4. The van der Waals surface area contributed by atoms with Crippen LogP contribution in [-0.4, -0.2) is 49.1 Å². The average molecular weight is 247 g/mol. The van der Waals surface area contributed by atoms with E-state index in [2.05, 4.69) is 14.0 Å². The second-order valence-corrected chi connectivity index (χ2v) is 5.54. The Hall–Kier alpha value is -0.220. The molecule has 1 heterocycles. The Morgan fingerprint density at radius 1 is 1.31 bits per heavy atom. The van der Waals surface area contributed by atoms with Crippen LogP contribution in [0, 0.1) is 0 Å². The third kappa shape index (κ3) is 7.99. The third-order valence-electron chi connectivity index (χ3n) is 3.17. The second-order valence-electron chi connectivity index (χ2n) is 4.56. The number of aliphatic carboxylic acids is 1. The van der Waals surface area contributed by atoms with Crippen LogP contribution in [0.15, 0.2) is 0 Å². The summed E-state index contributed by atoms with van der Waals surface area (Å²) in [6.45, 7) is 6.44. The lowest BCUT2D eigenvalue weighted by atomic mass is 10.1. The van der Waals surface area contributed by atoms with Gasteiger partial charge in [-0.25, -0.2) is 0 Å². The number of hydrogen-bond donors (Lipinski definition) is 0. The van der Waals surface area contributed by atoms with Crippen LogP contribution >= 0.6 is 11.8 Å². The van der Waals surface area contributed by atoms with Gasteiger partial charge in [0.15, 0.2) is 0 Å². The largest absolute Gasteiger partial charge is 0.550 e. The molecule has 0 N–H and O–H groups in total. The molecular weight excluding hydrogens is 222 g/mol. The first kappa shape index (κ1) is 15.8. The van der Waals surface area contributed by atoms with Gasteiger partial charge < -0.3 is 14.4 Å². The van der Waals surface area contributed by atoms with Crippen LogP contribution in [0.1, 0.15) is 32.6 Å². The lowest BCUT2D eigenvalue weighted by Crippen LogP contribution is -2.47. The predicted octanol–water partition coefficient (Wildman–Crippen LogP) is 1.13. The van der Waals surface area contributed by atoms with E-state index in [1.807, 2.05) is 6.26 Å². The predicted molar refractivity (Wildman–Crippen MR) is 68.3 cm³/mol. The maximum Gasteiger partial charge on any atom is 0.0784 e. The van der Waals surface area contributed by atoms with Crippen molar-refractivity contribution in [2.45, 2.75) is 32.6 Å². The lowest BCUT2D eigenvalue weighted by molar-refractivity contribution is -0.912. The second kappa shape index (κ2) is 8.88. The van der Waals surface area contributed by atoms with E-state index in [0.29, 0.717) is 5.75 Å². The Bertz CT molecular complexity index is 191. The summed E-state index contributed by atoms with van der Waals surface area (Å²) in [5.74, 6) is -0.308. The van der Waals surface area contributed by atoms with E-state index >= 15 is 0 Å². The lowest BCUT2D eigenvalue weighted by Gasteiger charge is -2.36. The highest BCUT2D eigenvalue weighted by Gasteiger charge is 2.21. The van der Waals surface area contributed by atoms with Crippen LogP contribution in [0.2, 0.25) is 0 Å². The number of carboxylic acids is 1. The number of nitrogens with zero attached hydrogens (tertiary/aromatic N) is 1. The maximum absolute atomic E-state index is 9.63. The number of hydrogen-bond acceptors (Lipinski definition) is 3. The highest BCUT2D eigenvalue weighted by Crippen LogP contribution is 2.14. The van der Waals surface area contributed by atoms with Crippen LogP contribution in [0.5, 0.6) is 0 Å². The zero-order chi connectivity index (χ0) is 12.4. The highest BCUT2D eigenvalue weighted by atomic mass is 32.2. The van der Waals surface area contributed by atoms with E-state index < -0.39 is 5.97 Å². The van der Waals surface area contributed by atoms with Gasteiger partial charge in [-0.05, 0) is 44.6 Å². The SMILES string of the molecule is CC[N+]1(C)CCCCC1.CSCCC(=O)[O-]. The molecule has 0 radical (unpaired) electrons. The summed E-state index contributed by atoms with van der Waals surface area (Å²) >= 11 is 1.51. The van der Waals surface area contributed by atoms with Crippen molar-refractivity contribution in [3.8, 4) is 0 Å². The molecule has 3 nitrogen and oxygen atoms in total. The van der Waals surface area contributed by atoms with Gasteiger partial charge in [0.2, 0.25) is 0 Å². The summed E-state index contributed by atoms with van der Waals surface area (Å²) in [5, 5.41) is 9.63. The van der Waals surface area contributed by atoms with Crippen molar-refractivity contribution in [3.05, 3.63) is 0 Å². The molecule has 0 saturated carbocycles. The number of carboxylic acid groups (broad SMARTS) is 1. The Kier molecular flexibility index (Phi) is 8.76. The molecule has 0 aromatic heterocycles. The fourth-order valence-electron chi connectivity index (χ4n) is 1.78. The molecule has 1 aliphatic heterocycles. The first-order valence-electron chi connectivity index (χ1n) is 6.06. The van der Waals surface area contributed by atoms with Crippen molar-refractivity contribution in [1.29, 1.82) is 0 Å². The van der Waals surface area contributed by atoms with Gasteiger partial charge in [-0.2, -0.15) is 11.8 Å². The summed E-state index contributed by atoms with van der Waals surface area (Å²) in [5.41, 5.74) is 0. The zero-order valence-electron chi connectivity index (χ0n) is 10.8. The van der Waals surface area contributed by atoms with Crippen LogP contribution in [0.3, 0.4) is 0 Å². The molecule has 0 aliphatic carbocycles. The zero-order valence-corrected chi connectivity index (χ0v) is 11.6. The molecular formula is C12H25NO2S. The standard InChI is InChI=1S/C8H18N.C4H8O2S/c1-3-9(2)7-5-4-6-8-9;1-7-3-2-4(5)6/h3-8H2,1-2H3;2-3H2,1H3,(H,5,6)/q+1;/p-1. The summed E-state index contributed by atoms with van der Waals surface area (Å²) in [6, 6.07) is 0. The van der Waals surface area contributed by atoms with Gasteiger partial charge in [0.05, 0.1) is 26.7 Å². The quantitative estimate of drug-likeness (QED) is 0.699. The molecule has 4 heteroatoms. The van der Waals surface area contributed by atoms with Crippen molar-refractivity contribution < 1.29 is 14.4 Å². The van der Waals surface area contributed by atoms with Crippen molar-refractivity contribution in [3.63, 3.8) is 0 Å². The van der Waals surface area contributed by atoms with Crippen molar-refractivity contribution in [2.24, 2.45) is 0 Å². The van der Waals surface area contributed by atoms with Crippen LogP contribution in [0.4, 0.5) is 0 Å². The summed E-state index contributed by atoms with van der Waals surface area (Å²) < 4.78 is 1.32. The molecule has 0 unspecified atom stereocenters. The topological polar surface area (TPSA) is 40.1 Å². The monoisotopic (exact) mass is 247 g/mol. The van der Waals surface area contributed by atoms with Crippen molar-refractivity contribution in [2.75, 3.05) is 38.7 Å². The molecule has 0 atom stereocenters. The van der Waals surface area contributed by atoms with Crippen LogP contribution < -0.4 is 5.11 Å². The minimum absolute atomic E-state index is 0.168. The molecule has 1 saturated heterocycles. The van der Waals surface area contributed by atoms with E-state index in [9.17, 15) is 9.90 Å². The highest BCUT2D eigenvalue weighted by molar-refractivity contribution is 7.98. The van der Waals surface area contributed by atoms with E-state index in [1.54, 1.807) is 0 Å². The Balaban J connectivity index is 0.000000293. The van der Waals surface area contributed by atoms with Gasteiger partial charge in [0.1, 0.15) is 0 Å². The number of carbonyl (C=O) groups excluding carboxylic acids is 1. The summed E-state index contributed by atoms with van der Waals surface area (Å²) in [7, 11) is 2.37. The van der Waals surface area contributed by atoms with Crippen LogP contribution in [-0.2, 0) is 4.79 Å². The Morgan fingerprint density at radius 2 is 1.88 bits per heavy atom. The maximum atomic E-state index is 9.63. The molecule has 0 bridgehead atoms. The molecule has 0 aromatic rings. The Morgan fingerprint density at radius 3 is 2.12 bits per heavy atom. The average Bonchev–Trinajstić information content (AvgIpc) is 2.28. The van der Waals surface area contributed by atoms with Crippen molar-refractivity contribution in [1.82, 2.24) is 0 Å². The number of carbonyl (C=O) groups is 1. The van der Waals surface area contributed by atoms with Crippen LogP contribution in [0.25, 0.3) is 0 Å². The number of piperidine rings is 1. The van der Waals surface area contributed by atoms with Gasteiger partial charge in [0, 0.05) is 5.97 Å². The minimum atomic E-state index is -0.964. The third-order valence-corrected chi connectivity index (χ3v) is 3.78. The Labute approximate surface area is 104 Å². The number of quaternary nitrogens is 1. The van der Waals surface area contributed by atoms with E-state index in [0.717, 1.165) is 0 Å². The molecule has 96 valence electrons. The smallest absolute Gasteiger partial charge is 0.0784 e. The van der Waals surface area contributed by atoms with E-state index in [4.69, 9.17) is 0 Å². The molecule has 1 aliphatic rings. The molecule has 0 aromatic carbocycles. The number of likely N-dealkylation sites (tertiary alicyclic amines) is 1. The fraction of sp³-hybridized carbons (Fsp3) is 0.917. The molecule has 0 spiro atoms. The van der Waals surface area contributed by atoms with Gasteiger partial charge in [0.25, 0.3) is 0 Å². The van der Waals surface area contributed by atoms with E-state index in [1.165, 1.54) is 55.1 Å². The van der Waals surface area contributed by atoms with Gasteiger partial charge in [-0.15, -0.1) is 0 Å². The molecule has 1 fully saturated rings. The summed E-state index contributed by atoms with van der Waals surface area (Å²) in [4.78, 5) is 9.63. The van der Waals surface area contributed by atoms with Gasteiger partial charge >= 0.3 is 0 Å². The van der Waals surface area contributed by atoms with Gasteiger partial charge in [-0.1, -0.05) is 0 Å². The first-order chi connectivity index (χ1) is 7.54. The summed E-state index contributed by atoms with van der Waals surface area (Å²) in [6.07, 6.45) is 6.40. The molecule has 16 heavy (non-hydrogen) atoms. The van der Waals surface area contributed by atoms with E-state index in [-0.39, 0.29) is 6.42 Å². The first-order valence-corrected chi connectivity index (χ1v) is 7.46. The minimum Gasteiger partial charge on any atom is -0.550 e. The molecule has 0 amide bonds.